The van der Waals surface area contributed by atoms with Crippen molar-refractivity contribution in [2.45, 2.75) is 6.54 Å². The van der Waals surface area contributed by atoms with E-state index < -0.39 is 0 Å². The van der Waals surface area contributed by atoms with Gasteiger partial charge in [-0.3, -0.25) is 4.79 Å². The predicted octanol–water partition coefficient (Wildman–Crippen LogP) is 3.38. The van der Waals surface area contributed by atoms with E-state index in [0.717, 1.165) is 15.7 Å². The van der Waals surface area contributed by atoms with Crippen molar-refractivity contribution in [2.75, 3.05) is 18.6 Å². The van der Waals surface area contributed by atoms with E-state index in [1.165, 1.54) is 0 Å². The van der Waals surface area contributed by atoms with Crippen molar-refractivity contribution < 1.29 is 14.3 Å². The number of fused-ring (bicyclic) bond motifs is 1. The van der Waals surface area contributed by atoms with Crippen LogP contribution < -0.4 is 14.4 Å². The summed E-state index contributed by atoms with van der Waals surface area (Å²) < 4.78 is 11.8. The number of hydrogen-bond acceptors (Lipinski definition) is 3. The summed E-state index contributed by atoms with van der Waals surface area (Å²) in [7, 11) is 1.59. The summed E-state index contributed by atoms with van der Waals surface area (Å²) in [5.74, 6) is 1.21. The van der Waals surface area contributed by atoms with E-state index >= 15 is 0 Å². The fourth-order valence-electron chi connectivity index (χ4n) is 2.37. The summed E-state index contributed by atoms with van der Waals surface area (Å²) in [5.41, 5.74) is 1.76. The number of carbonyl (C=O) groups is 1. The lowest BCUT2D eigenvalue weighted by Gasteiger charge is -2.21. The Morgan fingerprint density at radius 3 is 2.76 bits per heavy atom. The minimum absolute atomic E-state index is 0.00525. The smallest absolute Gasteiger partial charge is 0.265 e. The standard InChI is InChI=1S/C16H14BrNO3/c1-20-14-8-4-5-11-9-18(15(19)10-21-16(11)14)13-7-3-2-6-12(13)17/h2-8H,9-10H2,1H3. The summed E-state index contributed by atoms with van der Waals surface area (Å²) in [6.07, 6.45) is 0. The molecule has 0 atom stereocenters. The highest BCUT2D eigenvalue weighted by Crippen LogP contribution is 2.36. The highest BCUT2D eigenvalue weighted by molar-refractivity contribution is 9.10. The van der Waals surface area contributed by atoms with Crippen molar-refractivity contribution in [3.63, 3.8) is 0 Å². The maximum absolute atomic E-state index is 12.4. The number of carbonyl (C=O) groups excluding carboxylic acids is 1. The molecule has 3 rings (SSSR count). The van der Waals surface area contributed by atoms with Crippen LogP contribution in [0.15, 0.2) is 46.9 Å². The summed E-state index contributed by atoms with van der Waals surface area (Å²) in [6, 6.07) is 13.3. The molecule has 21 heavy (non-hydrogen) atoms. The highest BCUT2D eigenvalue weighted by atomic mass is 79.9. The fraction of sp³-hybridized carbons (Fsp3) is 0.188. The first-order valence-corrected chi connectivity index (χ1v) is 7.33. The number of para-hydroxylation sites is 2. The Bertz CT molecular complexity index is 687. The van der Waals surface area contributed by atoms with Gasteiger partial charge in [0.1, 0.15) is 0 Å². The molecule has 1 aliphatic rings. The lowest BCUT2D eigenvalue weighted by molar-refractivity contribution is -0.120. The first-order valence-electron chi connectivity index (χ1n) is 6.54. The van der Waals surface area contributed by atoms with Crippen molar-refractivity contribution in [3.8, 4) is 11.5 Å². The van der Waals surface area contributed by atoms with Gasteiger partial charge in [0.25, 0.3) is 5.91 Å². The summed E-state index contributed by atoms with van der Waals surface area (Å²) in [4.78, 5) is 14.1. The van der Waals surface area contributed by atoms with Crippen LogP contribution in [-0.4, -0.2) is 19.6 Å². The van der Waals surface area contributed by atoms with E-state index in [1.54, 1.807) is 12.0 Å². The fourth-order valence-corrected chi connectivity index (χ4v) is 2.87. The van der Waals surface area contributed by atoms with Crippen LogP contribution in [0.1, 0.15) is 5.56 Å². The number of hydrogen-bond donors (Lipinski definition) is 0. The van der Waals surface area contributed by atoms with Gasteiger partial charge in [-0.1, -0.05) is 24.3 Å². The second kappa shape index (κ2) is 5.77. The number of halogens is 1. The van der Waals surface area contributed by atoms with Gasteiger partial charge in [-0.25, -0.2) is 0 Å². The van der Waals surface area contributed by atoms with Crippen LogP contribution in [0.3, 0.4) is 0 Å². The molecular formula is C16H14BrNO3. The maximum atomic E-state index is 12.4. The van der Waals surface area contributed by atoms with E-state index in [1.807, 2.05) is 42.5 Å². The third kappa shape index (κ3) is 2.61. The molecular weight excluding hydrogens is 334 g/mol. The third-order valence-corrected chi connectivity index (χ3v) is 4.06. The van der Waals surface area contributed by atoms with Gasteiger partial charge in [0, 0.05) is 10.0 Å². The van der Waals surface area contributed by atoms with Gasteiger partial charge in [-0.05, 0) is 34.1 Å². The lowest BCUT2D eigenvalue weighted by atomic mass is 10.1. The van der Waals surface area contributed by atoms with Crippen LogP contribution in [0, 0.1) is 0 Å². The van der Waals surface area contributed by atoms with Crippen molar-refractivity contribution in [1.82, 2.24) is 0 Å². The van der Waals surface area contributed by atoms with Gasteiger partial charge in [0.05, 0.1) is 19.3 Å². The summed E-state index contributed by atoms with van der Waals surface area (Å²) >= 11 is 3.49. The van der Waals surface area contributed by atoms with E-state index in [4.69, 9.17) is 9.47 Å². The first kappa shape index (κ1) is 13.9. The Balaban J connectivity index is 2.04. The maximum Gasteiger partial charge on any atom is 0.265 e. The number of amides is 1. The minimum Gasteiger partial charge on any atom is -0.493 e. The average Bonchev–Trinajstić information content (AvgIpc) is 2.67. The van der Waals surface area contributed by atoms with Gasteiger partial charge in [0.15, 0.2) is 18.1 Å². The van der Waals surface area contributed by atoms with E-state index in [0.29, 0.717) is 18.0 Å². The topological polar surface area (TPSA) is 38.8 Å². The molecule has 0 radical (unpaired) electrons. The molecule has 0 saturated heterocycles. The first-order chi connectivity index (χ1) is 10.2. The van der Waals surface area contributed by atoms with Crippen molar-refractivity contribution in [3.05, 3.63) is 52.5 Å². The Morgan fingerprint density at radius 1 is 1.19 bits per heavy atom. The molecule has 2 aromatic carbocycles. The SMILES string of the molecule is COc1cccc2c1OCC(=O)N(c1ccccc1Br)C2. The lowest BCUT2D eigenvalue weighted by Crippen LogP contribution is -2.32. The number of ether oxygens (including phenoxy) is 2. The number of methoxy groups -OCH3 is 1. The molecule has 0 bridgehead atoms. The molecule has 1 amide bonds. The Hall–Kier alpha value is -2.01. The molecule has 0 aromatic heterocycles. The Morgan fingerprint density at radius 2 is 2.00 bits per heavy atom. The van der Waals surface area contributed by atoms with E-state index in [-0.39, 0.29) is 12.5 Å². The van der Waals surface area contributed by atoms with Crippen LogP contribution in [0.4, 0.5) is 5.69 Å². The van der Waals surface area contributed by atoms with Crippen molar-refractivity contribution >= 4 is 27.5 Å². The van der Waals surface area contributed by atoms with Gasteiger partial charge < -0.3 is 14.4 Å². The van der Waals surface area contributed by atoms with E-state index in [9.17, 15) is 4.79 Å². The molecule has 5 heteroatoms. The third-order valence-electron chi connectivity index (χ3n) is 3.39. The molecule has 0 saturated carbocycles. The van der Waals surface area contributed by atoms with Crippen molar-refractivity contribution in [1.29, 1.82) is 0 Å². The minimum atomic E-state index is -0.0832. The van der Waals surface area contributed by atoms with Gasteiger partial charge >= 0.3 is 0 Å². The van der Waals surface area contributed by atoms with Crippen LogP contribution in [0.5, 0.6) is 11.5 Å². The van der Waals surface area contributed by atoms with Crippen LogP contribution in [0.2, 0.25) is 0 Å². The molecule has 0 unspecified atom stereocenters. The molecule has 108 valence electrons. The number of benzene rings is 2. The number of nitrogens with zero attached hydrogens (tertiary/aromatic N) is 1. The molecule has 4 nitrogen and oxygen atoms in total. The Labute approximate surface area is 131 Å². The normalized spacial score (nSPS) is 14.2. The molecule has 0 aliphatic carbocycles. The zero-order chi connectivity index (χ0) is 14.8. The van der Waals surface area contributed by atoms with E-state index in [2.05, 4.69) is 15.9 Å². The second-order valence-electron chi connectivity index (χ2n) is 4.67. The largest absolute Gasteiger partial charge is 0.493 e. The van der Waals surface area contributed by atoms with Gasteiger partial charge in [-0.2, -0.15) is 0 Å². The van der Waals surface area contributed by atoms with Crippen molar-refractivity contribution in [2.24, 2.45) is 0 Å². The second-order valence-corrected chi connectivity index (χ2v) is 5.52. The Kier molecular flexibility index (Phi) is 3.84. The zero-order valence-corrected chi connectivity index (χ0v) is 13.1. The quantitative estimate of drug-likeness (QED) is 0.835. The highest BCUT2D eigenvalue weighted by Gasteiger charge is 2.25. The predicted molar refractivity (Wildman–Crippen MR) is 83.8 cm³/mol. The molecule has 1 heterocycles. The van der Waals surface area contributed by atoms with Crippen LogP contribution >= 0.6 is 15.9 Å². The molecule has 1 aliphatic heterocycles. The monoisotopic (exact) mass is 347 g/mol. The molecule has 2 aromatic rings. The molecule has 0 N–H and O–H groups in total. The molecule has 0 fully saturated rings. The number of anilines is 1. The zero-order valence-electron chi connectivity index (χ0n) is 11.5. The summed E-state index contributed by atoms with van der Waals surface area (Å²) in [5, 5.41) is 0. The summed E-state index contributed by atoms with van der Waals surface area (Å²) in [6.45, 7) is 0.447. The van der Waals surface area contributed by atoms with Crippen LogP contribution in [0.25, 0.3) is 0 Å². The van der Waals surface area contributed by atoms with Gasteiger partial charge in [0.2, 0.25) is 0 Å². The average molecular weight is 348 g/mol. The van der Waals surface area contributed by atoms with Crippen LogP contribution in [-0.2, 0) is 11.3 Å². The molecule has 0 spiro atoms. The van der Waals surface area contributed by atoms with Gasteiger partial charge in [-0.15, -0.1) is 0 Å². The number of rotatable bonds is 2.